The molecule has 1 saturated heterocycles. The standard InChI is InChI=1S/C12H15NO3.C4H10N2/c1-3-12(11(13)15,16-9(2)14)10-7-5-4-6-8-10;1-2-6-4-3-5-1/h4-8H,3H2,1-2H3,(H2,13,15);5-6H,1-4H2. The third-order valence-corrected chi connectivity index (χ3v) is 3.41. The summed E-state index contributed by atoms with van der Waals surface area (Å²) in [5.74, 6) is -1.18. The molecule has 1 heterocycles. The lowest BCUT2D eigenvalue weighted by molar-refractivity contribution is -0.167. The third kappa shape index (κ3) is 5.13. The van der Waals surface area contributed by atoms with Gasteiger partial charge in [-0.15, -0.1) is 0 Å². The molecule has 1 atom stereocenters. The number of rotatable bonds is 4. The molecule has 1 aliphatic rings. The van der Waals surface area contributed by atoms with Gasteiger partial charge in [-0.25, -0.2) is 0 Å². The third-order valence-electron chi connectivity index (χ3n) is 3.41. The minimum absolute atomic E-state index is 0.311. The van der Waals surface area contributed by atoms with Crippen LogP contribution in [0.3, 0.4) is 0 Å². The van der Waals surface area contributed by atoms with Gasteiger partial charge in [0.25, 0.3) is 5.91 Å². The van der Waals surface area contributed by atoms with Crippen molar-refractivity contribution >= 4 is 11.9 Å². The molecule has 4 N–H and O–H groups in total. The molecule has 0 aliphatic carbocycles. The average molecular weight is 307 g/mol. The SMILES string of the molecule is C1CNCCN1.CCC(OC(C)=O)(C(N)=O)c1ccccc1. The Bertz CT molecular complexity index is 463. The van der Waals surface area contributed by atoms with Crippen LogP contribution in [-0.4, -0.2) is 38.1 Å². The second-order valence-corrected chi connectivity index (χ2v) is 5.00. The van der Waals surface area contributed by atoms with Crippen LogP contribution in [0.25, 0.3) is 0 Å². The van der Waals surface area contributed by atoms with Gasteiger partial charge in [0.2, 0.25) is 5.60 Å². The fourth-order valence-corrected chi connectivity index (χ4v) is 2.26. The van der Waals surface area contributed by atoms with Gasteiger partial charge in [-0.3, -0.25) is 9.59 Å². The molecule has 6 heteroatoms. The molecule has 0 radical (unpaired) electrons. The first-order valence-corrected chi connectivity index (χ1v) is 7.49. The van der Waals surface area contributed by atoms with E-state index in [4.69, 9.17) is 10.5 Å². The van der Waals surface area contributed by atoms with E-state index in [9.17, 15) is 9.59 Å². The molecule has 2 rings (SSSR count). The zero-order chi connectivity index (χ0) is 16.4. The maximum atomic E-state index is 11.5. The zero-order valence-electron chi connectivity index (χ0n) is 13.2. The Hall–Kier alpha value is -1.92. The highest BCUT2D eigenvalue weighted by Gasteiger charge is 2.40. The van der Waals surface area contributed by atoms with Crippen LogP contribution in [0.15, 0.2) is 30.3 Å². The summed E-state index contributed by atoms with van der Waals surface area (Å²) in [5.41, 5.74) is 4.59. The Kier molecular flexibility index (Phi) is 7.56. The molecular weight excluding hydrogens is 282 g/mol. The summed E-state index contributed by atoms with van der Waals surface area (Å²) < 4.78 is 5.12. The Morgan fingerprint density at radius 1 is 1.14 bits per heavy atom. The molecule has 122 valence electrons. The van der Waals surface area contributed by atoms with E-state index < -0.39 is 17.5 Å². The largest absolute Gasteiger partial charge is 0.444 e. The Morgan fingerprint density at radius 3 is 1.95 bits per heavy atom. The van der Waals surface area contributed by atoms with Crippen molar-refractivity contribution < 1.29 is 14.3 Å². The van der Waals surface area contributed by atoms with Gasteiger partial charge in [0.05, 0.1) is 0 Å². The number of hydrogen-bond acceptors (Lipinski definition) is 5. The maximum absolute atomic E-state index is 11.5. The number of nitrogens with two attached hydrogens (primary N) is 1. The number of piperazine rings is 1. The van der Waals surface area contributed by atoms with E-state index in [0.717, 1.165) is 26.2 Å². The monoisotopic (exact) mass is 307 g/mol. The van der Waals surface area contributed by atoms with Crippen molar-refractivity contribution in [2.45, 2.75) is 25.9 Å². The maximum Gasteiger partial charge on any atom is 0.304 e. The van der Waals surface area contributed by atoms with Gasteiger partial charge in [0.1, 0.15) is 0 Å². The predicted octanol–water partition coefficient (Wildman–Crippen LogP) is 0.520. The average Bonchev–Trinajstić information content (AvgIpc) is 2.55. The molecule has 1 aromatic carbocycles. The highest BCUT2D eigenvalue weighted by molar-refractivity contribution is 5.87. The van der Waals surface area contributed by atoms with Crippen LogP contribution in [-0.2, 0) is 19.9 Å². The summed E-state index contributed by atoms with van der Waals surface area (Å²) in [6.45, 7) is 7.57. The van der Waals surface area contributed by atoms with E-state index in [2.05, 4.69) is 10.6 Å². The summed E-state index contributed by atoms with van der Waals surface area (Å²) >= 11 is 0. The predicted molar refractivity (Wildman–Crippen MR) is 85.1 cm³/mol. The zero-order valence-corrected chi connectivity index (χ0v) is 13.2. The first kappa shape index (κ1) is 18.1. The summed E-state index contributed by atoms with van der Waals surface area (Å²) in [5, 5.41) is 6.44. The molecule has 6 nitrogen and oxygen atoms in total. The minimum Gasteiger partial charge on any atom is -0.444 e. The van der Waals surface area contributed by atoms with E-state index in [1.807, 2.05) is 6.07 Å². The fraction of sp³-hybridized carbons (Fsp3) is 0.500. The number of carbonyl (C=O) groups excluding carboxylic acids is 2. The van der Waals surface area contributed by atoms with E-state index in [1.54, 1.807) is 31.2 Å². The summed E-state index contributed by atoms with van der Waals surface area (Å²) in [6.07, 6.45) is 0.311. The van der Waals surface area contributed by atoms with Crippen molar-refractivity contribution in [1.29, 1.82) is 0 Å². The number of hydrogen-bond donors (Lipinski definition) is 3. The molecule has 1 aromatic rings. The smallest absolute Gasteiger partial charge is 0.304 e. The lowest BCUT2D eigenvalue weighted by atomic mass is 9.90. The second-order valence-electron chi connectivity index (χ2n) is 5.00. The van der Waals surface area contributed by atoms with Crippen molar-refractivity contribution in [2.24, 2.45) is 5.73 Å². The Morgan fingerprint density at radius 2 is 1.64 bits per heavy atom. The van der Waals surface area contributed by atoms with Crippen molar-refractivity contribution in [3.63, 3.8) is 0 Å². The van der Waals surface area contributed by atoms with Gasteiger partial charge in [-0.05, 0) is 6.42 Å². The van der Waals surface area contributed by atoms with Gasteiger partial charge in [0.15, 0.2) is 0 Å². The molecule has 0 aromatic heterocycles. The molecule has 1 fully saturated rings. The van der Waals surface area contributed by atoms with E-state index in [-0.39, 0.29) is 0 Å². The number of amides is 1. The molecule has 0 spiro atoms. The van der Waals surface area contributed by atoms with Crippen LogP contribution in [0.5, 0.6) is 0 Å². The van der Waals surface area contributed by atoms with Crippen molar-refractivity contribution in [3.8, 4) is 0 Å². The topological polar surface area (TPSA) is 93.4 Å². The van der Waals surface area contributed by atoms with Crippen molar-refractivity contribution in [3.05, 3.63) is 35.9 Å². The molecule has 1 aliphatic heterocycles. The normalized spacial score (nSPS) is 16.6. The van der Waals surface area contributed by atoms with E-state index in [0.29, 0.717) is 12.0 Å². The van der Waals surface area contributed by atoms with Crippen molar-refractivity contribution in [1.82, 2.24) is 10.6 Å². The van der Waals surface area contributed by atoms with Crippen LogP contribution in [0.1, 0.15) is 25.8 Å². The number of benzene rings is 1. The number of ether oxygens (including phenoxy) is 1. The molecule has 1 unspecified atom stereocenters. The van der Waals surface area contributed by atoms with Gasteiger partial charge in [-0.2, -0.15) is 0 Å². The Balaban J connectivity index is 0.000000335. The van der Waals surface area contributed by atoms with E-state index >= 15 is 0 Å². The van der Waals surface area contributed by atoms with Crippen molar-refractivity contribution in [2.75, 3.05) is 26.2 Å². The highest BCUT2D eigenvalue weighted by Crippen LogP contribution is 2.29. The van der Waals surface area contributed by atoms with Gasteiger partial charge >= 0.3 is 5.97 Å². The molecule has 1 amide bonds. The fourth-order valence-electron chi connectivity index (χ4n) is 2.26. The van der Waals surface area contributed by atoms with Gasteiger partial charge < -0.3 is 21.1 Å². The first-order chi connectivity index (χ1) is 10.5. The highest BCUT2D eigenvalue weighted by atomic mass is 16.6. The molecular formula is C16H25N3O3. The quantitative estimate of drug-likeness (QED) is 0.705. The number of nitrogens with one attached hydrogen (secondary N) is 2. The van der Waals surface area contributed by atoms with Crippen LogP contribution >= 0.6 is 0 Å². The second kappa shape index (κ2) is 9.17. The van der Waals surface area contributed by atoms with Crippen LogP contribution < -0.4 is 16.4 Å². The summed E-state index contributed by atoms with van der Waals surface area (Å²) in [7, 11) is 0. The molecule has 0 bridgehead atoms. The minimum atomic E-state index is -1.35. The lowest BCUT2D eigenvalue weighted by Crippen LogP contribution is -2.44. The van der Waals surface area contributed by atoms with Crippen LogP contribution in [0.4, 0.5) is 0 Å². The molecule has 0 saturated carbocycles. The summed E-state index contributed by atoms with van der Waals surface area (Å²) in [4.78, 5) is 22.6. The Labute approximate surface area is 131 Å². The molecule has 22 heavy (non-hydrogen) atoms. The number of esters is 1. The van der Waals surface area contributed by atoms with Crippen LogP contribution in [0.2, 0.25) is 0 Å². The summed E-state index contributed by atoms with van der Waals surface area (Å²) in [6, 6.07) is 8.80. The number of primary amides is 1. The van der Waals surface area contributed by atoms with Crippen LogP contribution in [0, 0.1) is 0 Å². The number of carbonyl (C=O) groups is 2. The van der Waals surface area contributed by atoms with Gasteiger partial charge in [-0.1, -0.05) is 37.3 Å². The van der Waals surface area contributed by atoms with Gasteiger partial charge in [0, 0.05) is 38.7 Å². The first-order valence-electron chi connectivity index (χ1n) is 7.49. The lowest BCUT2D eigenvalue weighted by Gasteiger charge is -2.29. The van der Waals surface area contributed by atoms with E-state index in [1.165, 1.54) is 6.92 Å².